The van der Waals surface area contributed by atoms with Crippen molar-refractivity contribution in [3.8, 4) is 5.88 Å². The van der Waals surface area contributed by atoms with E-state index in [1.54, 1.807) is 12.4 Å². The summed E-state index contributed by atoms with van der Waals surface area (Å²) in [6, 6.07) is 9.10. The zero-order valence-corrected chi connectivity index (χ0v) is 28.6. The third-order valence-corrected chi connectivity index (χ3v) is 15.0. The zero-order valence-electron chi connectivity index (χ0n) is 27.6. The highest BCUT2D eigenvalue weighted by Crippen LogP contribution is 2.62. The Balaban J connectivity index is 1.61. The van der Waals surface area contributed by atoms with Crippen molar-refractivity contribution >= 4 is 19.9 Å². The lowest BCUT2D eigenvalue weighted by Crippen LogP contribution is -2.66. The largest absolute Gasteiger partial charge is 0.508 e. The van der Waals surface area contributed by atoms with Crippen LogP contribution >= 0.6 is 0 Å². The minimum Gasteiger partial charge on any atom is -0.508 e. The van der Waals surface area contributed by atoms with Crippen molar-refractivity contribution < 1.29 is 28.4 Å². The maximum Gasteiger partial charge on any atom is 0.265 e. The van der Waals surface area contributed by atoms with Crippen LogP contribution in [0, 0.1) is 18.3 Å². The van der Waals surface area contributed by atoms with E-state index in [9.17, 15) is 9.90 Å². The number of hydrogen-bond acceptors (Lipinski definition) is 9. The van der Waals surface area contributed by atoms with Crippen LogP contribution in [-0.4, -0.2) is 59.7 Å². The third-order valence-electron chi connectivity index (χ3n) is 10.5. The van der Waals surface area contributed by atoms with Crippen molar-refractivity contribution in [2.75, 3.05) is 14.1 Å². The molecule has 45 heavy (non-hydrogen) atoms. The Morgan fingerprint density at radius 2 is 1.80 bits per heavy atom. The molecule has 1 aromatic carbocycles. The first-order valence-corrected chi connectivity index (χ1v) is 18.4. The second kappa shape index (κ2) is 10.5. The molecule has 10 heteroatoms. The quantitative estimate of drug-likeness (QED) is 0.294. The number of Topliss-reactive ketones (excluding diaryl/α,β-unsaturated/α-hetero) is 2. The number of aliphatic hydroxyl groups is 1. The molecule has 2 aromatic heterocycles. The van der Waals surface area contributed by atoms with E-state index in [-0.39, 0.29) is 40.2 Å². The van der Waals surface area contributed by atoms with Gasteiger partial charge in [-0.05, 0) is 73.8 Å². The summed E-state index contributed by atoms with van der Waals surface area (Å²) < 4.78 is 19.3. The van der Waals surface area contributed by atoms with Gasteiger partial charge in [0.25, 0.3) is 5.88 Å². The van der Waals surface area contributed by atoms with Gasteiger partial charge in [0.1, 0.15) is 17.9 Å². The molecule has 3 aliphatic rings. The Morgan fingerprint density at radius 3 is 2.44 bits per heavy atom. The monoisotopic (exact) mass is 629 g/mol. The van der Waals surface area contributed by atoms with Crippen molar-refractivity contribution in [2.24, 2.45) is 11.3 Å². The number of carbonyl (C=O) groups is 2. The highest BCUT2D eigenvalue weighted by atomic mass is 28.4. The first kappa shape index (κ1) is 31.4. The summed E-state index contributed by atoms with van der Waals surface area (Å²) in [5, 5.41) is 16.6. The summed E-state index contributed by atoms with van der Waals surface area (Å²) in [6.07, 6.45) is 4.30. The molecule has 0 radical (unpaired) electrons. The van der Waals surface area contributed by atoms with Crippen LogP contribution in [0.3, 0.4) is 0 Å². The molecule has 0 fully saturated rings. The van der Waals surface area contributed by atoms with E-state index in [0.29, 0.717) is 24.2 Å². The fourth-order valence-corrected chi connectivity index (χ4v) is 8.82. The molecule has 0 saturated carbocycles. The number of pyridine rings is 1. The summed E-state index contributed by atoms with van der Waals surface area (Å²) in [6.45, 7) is 14.4. The van der Waals surface area contributed by atoms with Crippen LogP contribution in [0.25, 0.3) is 0 Å². The predicted molar refractivity (Wildman–Crippen MR) is 172 cm³/mol. The van der Waals surface area contributed by atoms with Gasteiger partial charge in [0.05, 0.1) is 6.04 Å². The molecule has 0 amide bonds. The number of aromatic nitrogens is 2. The molecule has 238 valence electrons. The summed E-state index contributed by atoms with van der Waals surface area (Å²) in [5.74, 6) is -1.21. The molecule has 0 aliphatic heterocycles. The highest BCUT2D eigenvalue weighted by Gasteiger charge is 2.69. The van der Waals surface area contributed by atoms with Gasteiger partial charge >= 0.3 is 0 Å². The standard InChI is InChI=1S/C35H43N3O6Si/c1-20-17-36-18-22-15-34(5)16-23-27(38(6)7)29-25(32(37-43-29)42-19-21-13-11-10-12-14-21)30(40)35(23,44-45(8,9)33(2,3)4)31(41)26(34)28(39)24(20)22/h10-14,17-18,23,27,41H,15-16,19H2,1-9H3/t23-,27-,34-,35+/m0/s1. The molecule has 3 aromatic rings. The molecule has 1 N–H and O–H groups in total. The summed E-state index contributed by atoms with van der Waals surface area (Å²) in [5.41, 5.74) is 0.808. The first-order valence-electron chi connectivity index (χ1n) is 15.5. The van der Waals surface area contributed by atoms with Gasteiger partial charge in [-0.25, -0.2) is 0 Å². The minimum atomic E-state index is -2.78. The molecule has 0 bridgehead atoms. The maximum atomic E-state index is 15.2. The average molecular weight is 630 g/mol. The fourth-order valence-electron chi connectivity index (χ4n) is 7.37. The molecule has 2 heterocycles. The molecule has 4 atom stereocenters. The average Bonchev–Trinajstić information content (AvgIpc) is 3.36. The van der Waals surface area contributed by atoms with E-state index in [4.69, 9.17) is 13.7 Å². The van der Waals surface area contributed by atoms with E-state index in [0.717, 1.165) is 16.7 Å². The molecule has 9 nitrogen and oxygen atoms in total. The number of allylic oxidation sites excluding steroid dienone is 1. The molecule has 6 rings (SSSR count). The molecule has 3 aliphatic carbocycles. The SMILES string of the molecule is Cc1cncc2c1C(=O)C1=C(O)[C@]3(O[Si](C)(C)C(C)(C)C)C(=O)c4c(OCc5ccccc5)noc4[C@@H](N(C)C)[C@@H]3C[C@]1(C)C2. The van der Waals surface area contributed by atoms with Crippen LogP contribution < -0.4 is 4.74 Å². The van der Waals surface area contributed by atoms with Gasteiger partial charge in [0.2, 0.25) is 5.78 Å². The van der Waals surface area contributed by atoms with Crippen LogP contribution in [0.4, 0.5) is 0 Å². The van der Waals surface area contributed by atoms with Crippen LogP contribution in [0.2, 0.25) is 18.1 Å². The Hall–Kier alpha value is -3.60. The number of hydrogen-bond donors (Lipinski definition) is 1. The van der Waals surface area contributed by atoms with Gasteiger partial charge in [-0.3, -0.25) is 19.5 Å². The van der Waals surface area contributed by atoms with Crippen molar-refractivity contribution in [1.82, 2.24) is 15.0 Å². The third kappa shape index (κ3) is 4.63. The van der Waals surface area contributed by atoms with Gasteiger partial charge in [-0.1, -0.05) is 58.0 Å². The number of rotatable bonds is 6. The maximum absolute atomic E-state index is 15.2. The van der Waals surface area contributed by atoms with Crippen molar-refractivity contribution in [3.05, 3.63) is 87.6 Å². The lowest BCUT2D eigenvalue weighted by atomic mass is 9.53. The van der Waals surface area contributed by atoms with Crippen LogP contribution in [0.15, 0.2) is 58.6 Å². The topological polar surface area (TPSA) is 115 Å². The minimum absolute atomic E-state index is 0.0516. The predicted octanol–water partition coefficient (Wildman–Crippen LogP) is 6.79. The van der Waals surface area contributed by atoms with Gasteiger partial charge in [-0.15, -0.1) is 0 Å². The second-order valence-corrected chi connectivity index (χ2v) is 19.7. The van der Waals surface area contributed by atoms with E-state index < -0.39 is 37.1 Å². The zero-order chi connectivity index (χ0) is 32.7. The van der Waals surface area contributed by atoms with Crippen molar-refractivity contribution in [1.29, 1.82) is 0 Å². The smallest absolute Gasteiger partial charge is 0.265 e. The molecule has 0 spiro atoms. The lowest BCUT2D eigenvalue weighted by Gasteiger charge is -2.57. The lowest BCUT2D eigenvalue weighted by molar-refractivity contribution is -0.0579. The molecular formula is C35H43N3O6Si. The van der Waals surface area contributed by atoms with Gasteiger partial charge in [0, 0.05) is 34.9 Å². The number of aliphatic hydroxyl groups excluding tert-OH is 1. The fraction of sp³-hybridized carbons (Fsp3) is 0.486. The van der Waals surface area contributed by atoms with Gasteiger partial charge < -0.3 is 18.8 Å². The first-order chi connectivity index (χ1) is 21.0. The molecular weight excluding hydrogens is 586 g/mol. The van der Waals surface area contributed by atoms with E-state index >= 15 is 4.79 Å². The van der Waals surface area contributed by atoms with Crippen LogP contribution in [0.5, 0.6) is 5.88 Å². The summed E-state index contributed by atoms with van der Waals surface area (Å²) in [4.78, 5) is 36.0. The summed E-state index contributed by atoms with van der Waals surface area (Å²) in [7, 11) is 1.06. The molecule has 0 unspecified atom stereocenters. The van der Waals surface area contributed by atoms with Gasteiger partial charge in [0.15, 0.2) is 25.5 Å². The number of ether oxygens (including phenoxy) is 1. The number of ketones is 2. The number of nitrogens with zero attached hydrogens (tertiary/aromatic N) is 3. The Labute approximate surface area is 265 Å². The summed E-state index contributed by atoms with van der Waals surface area (Å²) >= 11 is 0. The van der Waals surface area contributed by atoms with E-state index in [2.05, 4.69) is 44.0 Å². The Kier molecular flexibility index (Phi) is 7.30. The highest BCUT2D eigenvalue weighted by molar-refractivity contribution is 6.74. The second-order valence-electron chi connectivity index (χ2n) is 14.9. The van der Waals surface area contributed by atoms with Gasteiger partial charge in [-0.2, -0.15) is 0 Å². The Bertz CT molecular complexity index is 1720. The van der Waals surface area contributed by atoms with E-state index in [1.807, 2.05) is 63.2 Å². The van der Waals surface area contributed by atoms with Crippen molar-refractivity contribution in [3.63, 3.8) is 0 Å². The van der Waals surface area contributed by atoms with Crippen molar-refractivity contribution in [2.45, 2.75) is 83.8 Å². The number of benzene rings is 1. The number of fused-ring (bicyclic) bond motifs is 4. The van der Waals surface area contributed by atoms with Crippen LogP contribution in [0.1, 0.15) is 83.3 Å². The number of carbonyl (C=O) groups excluding carboxylic acids is 2. The van der Waals surface area contributed by atoms with Crippen LogP contribution in [-0.2, 0) is 17.5 Å². The number of aryl methyl sites for hydroxylation is 1. The normalized spacial score (nSPS) is 26.4. The Morgan fingerprint density at radius 1 is 1.11 bits per heavy atom. The van der Waals surface area contributed by atoms with E-state index in [1.165, 1.54) is 0 Å². The molecule has 0 saturated heterocycles.